The molecule has 0 radical (unpaired) electrons. The molecule has 0 saturated carbocycles. The van der Waals surface area contributed by atoms with Gasteiger partial charge in [0.05, 0.1) is 6.04 Å². The van der Waals surface area contributed by atoms with Crippen molar-refractivity contribution in [3.63, 3.8) is 0 Å². The molecule has 1 aromatic heterocycles. The van der Waals surface area contributed by atoms with E-state index in [0.717, 1.165) is 29.8 Å². The Morgan fingerprint density at radius 1 is 1.16 bits per heavy atom. The molecule has 0 fully saturated rings. The average molecular weight is 352 g/mol. The molecule has 1 N–H and O–H groups in total. The minimum atomic E-state index is -0.220. The van der Waals surface area contributed by atoms with E-state index in [1.54, 1.807) is 6.07 Å². The highest BCUT2D eigenvalue weighted by atomic mass is 35.5. The number of rotatable bonds is 3. The van der Waals surface area contributed by atoms with Crippen LogP contribution in [0.1, 0.15) is 29.3 Å². The molecule has 1 atom stereocenters. The first-order chi connectivity index (χ1) is 12.1. The van der Waals surface area contributed by atoms with E-state index in [2.05, 4.69) is 27.0 Å². The van der Waals surface area contributed by atoms with Gasteiger partial charge in [-0.2, -0.15) is 4.98 Å². The lowest BCUT2D eigenvalue weighted by Crippen LogP contribution is -2.19. The van der Waals surface area contributed by atoms with Crippen LogP contribution in [0.2, 0.25) is 5.02 Å². The molecule has 4 nitrogen and oxygen atoms in total. The second-order valence-corrected chi connectivity index (χ2v) is 6.69. The first-order valence-corrected chi connectivity index (χ1v) is 8.71. The van der Waals surface area contributed by atoms with E-state index < -0.39 is 0 Å². The summed E-state index contributed by atoms with van der Waals surface area (Å²) in [6.07, 6.45) is 1.82. The lowest BCUT2D eigenvalue weighted by molar-refractivity contribution is 0.615. The second-order valence-electron chi connectivity index (χ2n) is 6.28. The van der Waals surface area contributed by atoms with Gasteiger partial charge in [-0.15, -0.1) is 0 Å². The fourth-order valence-corrected chi connectivity index (χ4v) is 3.61. The zero-order valence-corrected chi connectivity index (χ0v) is 14.6. The van der Waals surface area contributed by atoms with Gasteiger partial charge in [-0.3, -0.25) is 4.79 Å². The van der Waals surface area contributed by atoms with Gasteiger partial charge < -0.3 is 9.88 Å². The largest absolute Gasteiger partial charge is 0.325 e. The maximum absolute atomic E-state index is 12.0. The van der Waals surface area contributed by atoms with Gasteiger partial charge in [0.15, 0.2) is 0 Å². The van der Waals surface area contributed by atoms with Crippen molar-refractivity contribution in [1.82, 2.24) is 9.55 Å². The van der Waals surface area contributed by atoms with Crippen molar-refractivity contribution in [2.45, 2.75) is 25.8 Å². The molecule has 2 aromatic carbocycles. The van der Waals surface area contributed by atoms with Gasteiger partial charge in [-0.25, -0.2) is 0 Å². The van der Waals surface area contributed by atoms with Gasteiger partial charge in [-0.05, 0) is 43.0 Å². The van der Waals surface area contributed by atoms with Crippen molar-refractivity contribution >= 4 is 23.2 Å². The molecule has 0 aliphatic carbocycles. The molecule has 1 aliphatic rings. The second kappa shape index (κ2) is 6.37. The summed E-state index contributed by atoms with van der Waals surface area (Å²) in [5.74, 6) is 0.569. The van der Waals surface area contributed by atoms with E-state index in [9.17, 15) is 4.79 Å². The summed E-state index contributed by atoms with van der Waals surface area (Å²) < 4.78 is 2.14. The maximum Gasteiger partial charge on any atom is 0.274 e. The predicted molar refractivity (Wildman–Crippen MR) is 101 cm³/mol. The first kappa shape index (κ1) is 15.9. The van der Waals surface area contributed by atoms with Crippen molar-refractivity contribution in [1.29, 1.82) is 0 Å². The molecular weight excluding hydrogens is 334 g/mol. The Balaban J connectivity index is 1.82. The van der Waals surface area contributed by atoms with E-state index in [-0.39, 0.29) is 11.6 Å². The Bertz CT molecular complexity index is 982. The molecule has 0 spiro atoms. The third-order valence-electron chi connectivity index (χ3n) is 4.73. The number of hydrogen-bond acceptors (Lipinski definition) is 3. The van der Waals surface area contributed by atoms with Crippen molar-refractivity contribution in [2.75, 3.05) is 5.32 Å². The molecule has 0 bridgehead atoms. The molecule has 0 saturated heterocycles. The number of halogens is 1. The summed E-state index contributed by atoms with van der Waals surface area (Å²) in [4.78, 5) is 16.3. The molecule has 4 rings (SSSR count). The highest BCUT2D eigenvalue weighted by molar-refractivity contribution is 6.31. The van der Waals surface area contributed by atoms with Crippen LogP contribution >= 0.6 is 11.6 Å². The number of anilines is 2. The number of fused-ring (bicyclic) bond motifs is 1. The first-order valence-electron chi connectivity index (χ1n) is 8.33. The van der Waals surface area contributed by atoms with E-state index in [1.807, 2.05) is 43.3 Å². The molecule has 1 aliphatic heterocycles. The monoisotopic (exact) mass is 351 g/mol. The number of nitrogens with zero attached hydrogens (tertiary/aromatic N) is 2. The van der Waals surface area contributed by atoms with Crippen LogP contribution < -0.4 is 10.9 Å². The highest BCUT2D eigenvalue weighted by Gasteiger charge is 2.26. The van der Waals surface area contributed by atoms with Gasteiger partial charge in [0.1, 0.15) is 0 Å². The Morgan fingerprint density at radius 2 is 1.96 bits per heavy atom. The van der Waals surface area contributed by atoms with Crippen LogP contribution in [-0.2, 0) is 6.42 Å². The van der Waals surface area contributed by atoms with Crippen LogP contribution in [0.25, 0.3) is 0 Å². The standard InChI is InChI=1S/C20H18ClN3O/c1-13-16(21)8-5-9-17(13)22-20-23-19(25)12-15-10-11-18(24(15)20)14-6-3-2-4-7-14/h2-9,12,18H,10-11H2,1H3,(H,22,23,25). The molecule has 0 amide bonds. The quantitative estimate of drug-likeness (QED) is 0.756. The van der Waals surface area contributed by atoms with Gasteiger partial charge in [0, 0.05) is 22.5 Å². The molecule has 2 heterocycles. The van der Waals surface area contributed by atoms with E-state index in [1.165, 1.54) is 5.56 Å². The summed E-state index contributed by atoms with van der Waals surface area (Å²) in [5.41, 5.74) is 3.81. The highest BCUT2D eigenvalue weighted by Crippen LogP contribution is 2.35. The van der Waals surface area contributed by atoms with Crippen molar-refractivity contribution in [3.8, 4) is 0 Å². The third-order valence-corrected chi connectivity index (χ3v) is 5.14. The Kier molecular flexibility index (Phi) is 4.06. The zero-order chi connectivity index (χ0) is 17.4. The third kappa shape index (κ3) is 2.94. The van der Waals surface area contributed by atoms with E-state index in [0.29, 0.717) is 11.0 Å². The molecule has 25 heavy (non-hydrogen) atoms. The fraction of sp³-hybridized carbons (Fsp3) is 0.200. The smallest absolute Gasteiger partial charge is 0.274 e. The van der Waals surface area contributed by atoms with Gasteiger partial charge in [0.25, 0.3) is 5.56 Å². The fourth-order valence-electron chi connectivity index (χ4n) is 3.44. The van der Waals surface area contributed by atoms with Gasteiger partial charge in [0.2, 0.25) is 5.95 Å². The van der Waals surface area contributed by atoms with E-state index >= 15 is 0 Å². The van der Waals surface area contributed by atoms with Crippen LogP contribution in [-0.4, -0.2) is 9.55 Å². The number of hydrogen-bond donors (Lipinski definition) is 1. The summed E-state index contributed by atoms with van der Waals surface area (Å²) in [6, 6.07) is 17.8. The number of aromatic nitrogens is 2. The molecule has 3 aromatic rings. The van der Waals surface area contributed by atoms with Crippen LogP contribution in [0.15, 0.2) is 59.4 Å². The normalized spacial score (nSPS) is 15.8. The Morgan fingerprint density at radius 3 is 2.76 bits per heavy atom. The SMILES string of the molecule is Cc1c(Cl)cccc1Nc1nc(=O)cc2n1C(c1ccccc1)CC2. The van der Waals surface area contributed by atoms with Crippen LogP contribution in [0.3, 0.4) is 0 Å². The van der Waals surface area contributed by atoms with E-state index in [4.69, 9.17) is 11.6 Å². The Hall–Kier alpha value is -2.59. The average Bonchev–Trinajstić information content (AvgIpc) is 3.03. The molecule has 126 valence electrons. The lowest BCUT2D eigenvalue weighted by Gasteiger charge is -2.21. The summed E-state index contributed by atoms with van der Waals surface area (Å²) in [5, 5.41) is 4.01. The minimum absolute atomic E-state index is 0.172. The van der Waals surface area contributed by atoms with Crippen molar-refractivity contribution in [2.24, 2.45) is 0 Å². The predicted octanol–water partition coefficient (Wildman–Crippen LogP) is 4.48. The maximum atomic E-state index is 12.0. The van der Waals surface area contributed by atoms with Crippen LogP contribution in [0.5, 0.6) is 0 Å². The number of aryl methyl sites for hydroxylation is 1. The topological polar surface area (TPSA) is 46.9 Å². The Labute approximate surface area is 151 Å². The lowest BCUT2D eigenvalue weighted by atomic mass is 10.1. The zero-order valence-electron chi connectivity index (χ0n) is 13.9. The minimum Gasteiger partial charge on any atom is -0.325 e. The summed E-state index contributed by atoms with van der Waals surface area (Å²) >= 11 is 6.22. The van der Waals surface area contributed by atoms with Crippen LogP contribution in [0.4, 0.5) is 11.6 Å². The van der Waals surface area contributed by atoms with Crippen molar-refractivity contribution < 1.29 is 0 Å². The molecule has 5 heteroatoms. The van der Waals surface area contributed by atoms with Crippen molar-refractivity contribution in [3.05, 3.63) is 86.8 Å². The molecule has 1 unspecified atom stereocenters. The van der Waals surface area contributed by atoms with Crippen LogP contribution in [0, 0.1) is 6.92 Å². The van der Waals surface area contributed by atoms with Gasteiger partial charge in [-0.1, -0.05) is 48.0 Å². The number of benzene rings is 2. The summed E-state index contributed by atoms with van der Waals surface area (Å²) in [7, 11) is 0. The molecular formula is C20H18ClN3O. The summed E-state index contributed by atoms with van der Waals surface area (Å²) in [6.45, 7) is 1.95. The number of nitrogens with one attached hydrogen (secondary N) is 1. The van der Waals surface area contributed by atoms with Gasteiger partial charge >= 0.3 is 0 Å².